The van der Waals surface area contributed by atoms with E-state index in [2.05, 4.69) is 17.6 Å². The highest BCUT2D eigenvalue weighted by atomic mass is 79.9. The summed E-state index contributed by atoms with van der Waals surface area (Å²) in [5, 5.41) is 0.741. The van der Waals surface area contributed by atoms with Crippen LogP contribution < -0.4 is 22.7 Å². The SMILES string of the molecule is [Br-].[NH3+]CC#Cc1ccc(Cl)cc1. The molecule has 3 heteroatoms. The van der Waals surface area contributed by atoms with Crippen LogP contribution in [-0.4, -0.2) is 6.54 Å². The van der Waals surface area contributed by atoms with Crippen LogP contribution in [0.15, 0.2) is 24.3 Å². The van der Waals surface area contributed by atoms with Gasteiger partial charge in [-0.15, -0.1) is 0 Å². The zero-order chi connectivity index (χ0) is 8.10. The monoisotopic (exact) mass is 245 g/mol. The van der Waals surface area contributed by atoms with Crippen molar-refractivity contribution in [2.75, 3.05) is 6.54 Å². The summed E-state index contributed by atoms with van der Waals surface area (Å²) in [4.78, 5) is 0. The summed E-state index contributed by atoms with van der Waals surface area (Å²) < 4.78 is 0. The van der Waals surface area contributed by atoms with Crippen LogP contribution in [0, 0.1) is 11.8 Å². The molecule has 0 aliphatic heterocycles. The molecule has 0 heterocycles. The van der Waals surface area contributed by atoms with Gasteiger partial charge in [-0.3, -0.25) is 0 Å². The van der Waals surface area contributed by atoms with Crippen LogP contribution in [-0.2, 0) is 0 Å². The molecule has 0 unspecified atom stereocenters. The summed E-state index contributed by atoms with van der Waals surface area (Å²) in [6.45, 7) is 0.641. The second-order valence-corrected chi connectivity index (χ2v) is 2.50. The number of halogens is 2. The predicted octanol–water partition coefficient (Wildman–Crippen LogP) is -2.06. The summed E-state index contributed by atoms with van der Waals surface area (Å²) in [5.41, 5.74) is 4.60. The van der Waals surface area contributed by atoms with Crippen LogP contribution in [0.5, 0.6) is 0 Å². The first kappa shape index (κ1) is 11.5. The van der Waals surface area contributed by atoms with Crippen LogP contribution in [0.4, 0.5) is 0 Å². The summed E-state index contributed by atoms with van der Waals surface area (Å²) in [5.74, 6) is 5.83. The molecule has 0 fully saturated rings. The second kappa shape index (κ2) is 6.07. The van der Waals surface area contributed by atoms with Gasteiger partial charge in [0.2, 0.25) is 0 Å². The Morgan fingerprint density at radius 1 is 1.25 bits per heavy atom. The van der Waals surface area contributed by atoms with Crippen molar-refractivity contribution in [3.8, 4) is 11.8 Å². The number of hydrogen-bond donors (Lipinski definition) is 1. The van der Waals surface area contributed by atoms with E-state index in [0.29, 0.717) is 6.54 Å². The van der Waals surface area contributed by atoms with Crippen molar-refractivity contribution < 1.29 is 22.7 Å². The third-order valence-corrected chi connectivity index (χ3v) is 1.45. The number of quaternary nitrogens is 1. The molecule has 0 aliphatic carbocycles. The Morgan fingerprint density at radius 3 is 2.33 bits per heavy atom. The van der Waals surface area contributed by atoms with Crippen LogP contribution in [0.25, 0.3) is 0 Å². The van der Waals surface area contributed by atoms with Crippen molar-refractivity contribution in [2.24, 2.45) is 0 Å². The largest absolute Gasteiger partial charge is 1.00 e. The van der Waals surface area contributed by atoms with Crippen molar-refractivity contribution in [1.82, 2.24) is 0 Å². The Kier molecular flexibility index (Phi) is 5.83. The van der Waals surface area contributed by atoms with E-state index in [-0.39, 0.29) is 17.0 Å². The highest BCUT2D eigenvalue weighted by Crippen LogP contribution is 2.07. The molecule has 1 aromatic carbocycles. The first-order valence-electron chi connectivity index (χ1n) is 3.36. The van der Waals surface area contributed by atoms with Gasteiger partial charge in [-0.2, -0.15) is 0 Å². The fourth-order valence-electron chi connectivity index (χ4n) is 0.698. The molecule has 0 spiro atoms. The normalized spacial score (nSPS) is 7.83. The van der Waals surface area contributed by atoms with Crippen LogP contribution in [0.1, 0.15) is 5.56 Å². The maximum atomic E-state index is 5.69. The van der Waals surface area contributed by atoms with Gasteiger partial charge in [0, 0.05) is 10.6 Å². The van der Waals surface area contributed by atoms with E-state index < -0.39 is 0 Å². The zero-order valence-corrected chi connectivity index (χ0v) is 8.82. The first-order chi connectivity index (χ1) is 5.33. The molecule has 0 saturated carbocycles. The van der Waals surface area contributed by atoms with Gasteiger partial charge in [-0.25, -0.2) is 0 Å². The summed E-state index contributed by atoms with van der Waals surface area (Å²) >= 11 is 5.69. The molecule has 0 atom stereocenters. The quantitative estimate of drug-likeness (QED) is 0.510. The summed E-state index contributed by atoms with van der Waals surface area (Å²) in [6, 6.07) is 7.44. The van der Waals surface area contributed by atoms with Gasteiger partial charge in [0.1, 0.15) is 6.54 Å². The zero-order valence-electron chi connectivity index (χ0n) is 6.48. The smallest absolute Gasteiger partial charge is 0.136 e. The molecule has 64 valence electrons. The van der Waals surface area contributed by atoms with E-state index >= 15 is 0 Å². The fraction of sp³-hybridized carbons (Fsp3) is 0.111. The summed E-state index contributed by atoms with van der Waals surface area (Å²) in [6.07, 6.45) is 0. The molecule has 0 aromatic heterocycles. The highest BCUT2D eigenvalue weighted by molar-refractivity contribution is 6.30. The Balaban J connectivity index is 0.00000121. The standard InChI is InChI=1S/C9H8ClN.BrH/c10-9-5-3-8(4-6-9)2-1-7-11;/h3-6H,7,11H2;1H. The van der Waals surface area contributed by atoms with Gasteiger partial charge in [-0.05, 0) is 30.2 Å². The maximum Gasteiger partial charge on any atom is 0.136 e. The molecule has 12 heavy (non-hydrogen) atoms. The molecular formula is C9H9BrClN. The number of benzene rings is 1. The third kappa shape index (κ3) is 3.77. The number of hydrogen-bond acceptors (Lipinski definition) is 0. The molecule has 1 nitrogen and oxygen atoms in total. The molecule has 0 amide bonds. The molecule has 0 radical (unpaired) electrons. The molecule has 1 rings (SSSR count). The summed E-state index contributed by atoms with van der Waals surface area (Å²) in [7, 11) is 0. The molecule has 0 saturated heterocycles. The van der Waals surface area contributed by atoms with Crippen LogP contribution in [0.3, 0.4) is 0 Å². The highest BCUT2D eigenvalue weighted by Gasteiger charge is 1.85. The second-order valence-electron chi connectivity index (χ2n) is 2.06. The van der Waals surface area contributed by atoms with Crippen LogP contribution >= 0.6 is 11.6 Å². The minimum atomic E-state index is 0. The lowest BCUT2D eigenvalue weighted by molar-refractivity contribution is -0.349. The van der Waals surface area contributed by atoms with Crippen molar-refractivity contribution in [3.05, 3.63) is 34.9 Å². The number of rotatable bonds is 0. The Bertz CT molecular complexity index is 284. The van der Waals surface area contributed by atoms with E-state index in [0.717, 1.165) is 10.6 Å². The van der Waals surface area contributed by atoms with Crippen molar-refractivity contribution >= 4 is 11.6 Å². The van der Waals surface area contributed by atoms with E-state index in [1.165, 1.54) is 0 Å². The average Bonchev–Trinajstić information content (AvgIpc) is 2.04. The molecule has 0 bridgehead atoms. The van der Waals surface area contributed by atoms with Gasteiger partial charge in [0.25, 0.3) is 0 Å². The van der Waals surface area contributed by atoms with Crippen molar-refractivity contribution in [3.63, 3.8) is 0 Å². The van der Waals surface area contributed by atoms with Gasteiger partial charge < -0.3 is 22.7 Å². The minimum absolute atomic E-state index is 0. The van der Waals surface area contributed by atoms with Crippen molar-refractivity contribution in [1.29, 1.82) is 0 Å². The predicted molar refractivity (Wildman–Crippen MR) is 46.1 cm³/mol. The maximum absolute atomic E-state index is 5.69. The van der Waals surface area contributed by atoms with Gasteiger partial charge in [-0.1, -0.05) is 17.5 Å². The van der Waals surface area contributed by atoms with Gasteiger partial charge >= 0.3 is 0 Å². The fourth-order valence-corrected chi connectivity index (χ4v) is 0.824. The Labute approximate surface area is 87.7 Å². The van der Waals surface area contributed by atoms with Crippen molar-refractivity contribution in [2.45, 2.75) is 0 Å². The first-order valence-corrected chi connectivity index (χ1v) is 3.74. The van der Waals surface area contributed by atoms with Gasteiger partial charge in [0.05, 0.1) is 0 Å². The lowest BCUT2D eigenvalue weighted by Gasteiger charge is -1.88. The minimum Gasteiger partial charge on any atom is -1.00 e. The van der Waals surface area contributed by atoms with Crippen LogP contribution in [0.2, 0.25) is 5.02 Å². The van der Waals surface area contributed by atoms with E-state index in [4.69, 9.17) is 11.6 Å². The third-order valence-electron chi connectivity index (χ3n) is 1.20. The topological polar surface area (TPSA) is 27.6 Å². The molecule has 1 aromatic rings. The Morgan fingerprint density at radius 2 is 1.83 bits per heavy atom. The molecular weight excluding hydrogens is 237 g/mol. The molecule has 3 N–H and O–H groups in total. The Hall–Kier alpha value is -0.490. The average molecular weight is 247 g/mol. The lowest BCUT2D eigenvalue weighted by atomic mass is 10.2. The van der Waals surface area contributed by atoms with E-state index in [1.807, 2.05) is 24.3 Å². The van der Waals surface area contributed by atoms with E-state index in [1.54, 1.807) is 0 Å². The lowest BCUT2D eigenvalue weighted by Crippen LogP contribution is -3.00. The molecule has 0 aliphatic rings. The van der Waals surface area contributed by atoms with E-state index in [9.17, 15) is 0 Å². The van der Waals surface area contributed by atoms with Gasteiger partial charge in [0.15, 0.2) is 0 Å².